The van der Waals surface area contributed by atoms with Crippen LogP contribution in [0.15, 0.2) is 29.2 Å². The molecule has 2 N–H and O–H groups in total. The normalized spacial score (nSPS) is 14.3. The van der Waals surface area contributed by atoms with Crippen LogP contribution in [0, 0.1) is 5.92 Å². The van der Waals surface area contributed by atoms with Crippen molar-refractivity contribution in [2.24, 2.45) is 5.92 Å². The number of carbonyl (C=O) groups excluding carboxylic acids is 1. The van der Waals surface area contributed by atoms with Gasteiger partial charge in [-0.25, -0.2) is 8.42 Å². The minimum Gasteiger partial charge on any atom is -0.480 e. The van der Waals surface area contributed by atoms with Crippen molar-refractivity contribution in [1.29, 1.82) is 0 Å². The van der Waals surface area contributed by atoms with Gasteiger partial charge in [-0.2, -0.15) is 4.72 Å². The Morgan fingerprint density at radius 2 is 1.91 bits per heavy atom. The number of rotatable bonds is 8. The number of Topliss-reactive ketones (excluding diaryl/α,β-unsaturated/α-hetero) is 1. The number of sulfonamides is 1. The van der Waals surface area contributed by atoms with E-state index >= 15 is 0 Å². The molecule has 7 heteroatoms. The third kappa shape index (κ3) is 4.38. The highest BCUT2D eigenvalue weighted by Crippen LogP contribution is 2.16. The van der Waals surface area contributed by atoms with Gasteiger partial charge >= 0.3 is 5.97 Å². The van der Waals surface area contributed by atoms with E-state index in [2.05, 4.69) is 4.72 Å². The van der Waals surface area contributed by atoms with Crippen LogP contribution in [-0.2, 0) is 14.8 Å². The molecule has 0 aromatic heterocycles. The van der Waals surface area contributed by atoms with Gasteiger partial charge in [-0.1, -0.05) is 39.3 Å². The van der Waals surface area contributed by atoms with E-state index in [0.29, 0.717) is 12.0 Å². The first kappa shape index (κ1) is 18.3. The number of carboxylic acid groups (broad SMARTS) is 1. The van der Waals surface area contributed by atoms with Gasteiger partial charge in [0.2, 0.25) is 10.0 Å². The molecular weight excluding hydrogens is 306 g/mol. The maximum Gasteiger partial charge on any atom is 0.322 e. The van der Waals surface area contributed by atoms with E-state index < -0.39 is 22.0 Å². The predicted molar refractivity (Wildman–Crippen MR) is 82.3 cm³/mol. The number of hydrogen-bond donors (Lipinski definition) is 2. The zero-order chi connectivity index (χ0) is 16.9. The first-order valence-corrected chi connectivity index (χ1v) is 8.59. The predicted octanol–water partition coefficient (Wildman–Crippen LogP) is 2.06. The molecule has 1 aromatic carbocycles. The average Bonchev–Trinajstić information content (AvgIpc) is 2.51. The molecule has 0 unspecified atom stereocenters. The molecule has 0 bridgehead atoms. The summed E-state index contributed by atoms with van der Waals surface area (Å²) in [5, 5.41) is 9.18. The van der Waals surface area contributed by atoms with Crippen LogP contribution in [0.4, 0.5) is 0 Å². The topological polar surface area (TPSA) is 101 Å². The average molecular weight is 327 g/mol. The first-order chi connectivity index (χ1) is 10.2. The summed E-state index contributed by atoms with van der Waals surface area (Å²) in [6.45, 7) is 5.14. The maximum atomic E-state index is 12.3. The van der Waals surface area contributed by atoms with Crippen molar-refractivity contribution in [3.8, 4) is 0 Å². The lowest BCUT2D eigenvalue weighted by molar-refractivity contribution is -0.140. The van der Waals surface area contributed by atoms with Crippen LogP contribution in [0.3, 0.4) is 0 Å². The molecule has 122 valence electrons. The Morgan fingerprint density at radius 1 is 1.27 bits per heavy atom. The second kappa shape index (κ2) is 7.51. The molecule has 0 aliphatic carbocycles. The molecule has 0 aliphatic heterocycles. The number of carbonyl (C=O) groups is 2. The molecule has 0 saturated carbocycles. The zero-order valence-corrected chi connectivity index (χ0v) is 13.7. The molecule has 0 saturated heterocycles. The minimum absolute atomic E-state index is 0.110. The molecule has 0 aliphatic rings. The summed E-state index contributed by atoms with van der Waals surface area (Å²) in [7, 11) is -4.01. The van der Waals surface area contributed by atoms with Crippen molar-refractivity contribution in [2.45, 2.75) is 44.6 Å². The lowest BCUT2D eigenvalue weighted by atomic mass is 10.0. The van der Waals surface area contributed by atoms with E-state index in [9.17, 15) is 23.1 Å². The van der Waals surface area contributed by atoms with Crippen LogP contribution < -0.4 is 4.72 Å². The molecule has 0 fully saturated rings. The molecule has 1 rings (SSSR count). The monoisotopic (exact) mass is 327 g/mol. The van der Waals surface area contributed by atoms with E-state index in [0.717, 1.165) is 0 Å². The van der Waals surface area contributed by atoms with E-state index in [1.165, 1.54) is 24.3 Å². The summed E-state index contributed by atoms with van der Waals surface area (Å²) in [5.74, 6) is -1.75. The highest BCUT2D eigenvalue weighted by atomic mass is 32.2. The largest absolute Gasteiger partial charge is 0.480 e. The van der Waals surface area contributed by atoms with Crippen LogP contribution in [0.5, 0.6) is 0 Å². The summed E-state index contributed by atoms with van der Waals surface area (Å²) < 4.78 is 26.9. The van der Waals surface area contributed by atoms with Gasteiger partial charge in [-0.15, -0.1) is 0 Å². The van der Waals surface area contributed by atoms with Gasteiger partial charge in [-0.3, -0.25) is 9.59 Å². The van der Waals surface area contributed by atoms with Gasteiger partial charge in [-0.05, 0) is 18.1 Å². The second-order valence-electron chi connectivity index (χ2n) is 5.13. The SMILES string of the molecule is CCC(=O)c1cccc(S(=O)(=O)N[C@H](C(=O)O)[C@@H](C)CC)c1. The van der Waals surface area contributed by atoms with Crippen molar-refractivity contribution >= 4 is 21.8 Å². The molecule has 0 radical (unpaired) electrons. The number of benzene rings is 1. The molecule has 0 heterocycles. The van der Waals surface area contributed by atoms with E-state index in [4.69, 9.17) is 0 Å². The van der Waals surface area contributed by atoms with Gasteiger partial charge in [0, 0.05) is 12.0 Å². The standard InChI is InChI=1S/C15H21NO5S/c1-4-10(3)14(15(18)19)16-22(20,21)12-8-6-7-11(9-12)13(17)5-2/h6-10,14,16H,4-5H2,1-3H3,(H,18,19)/t10-,14-/m0/s1. The minimum atomic E-state index is -4.01. The van der Waals surface area contributed by atoms with Gasteiger partial charge in [0.15, 0.2) is 5.78 Å². The molecule has 22 heavy (non-hydrogen) atoms. The number of carboxylic acids is 1. The fourth-order valence-corrected chi connectivity index (χ4v) is 3.27. The maximum absolute atomic E-state index is 12.3. The Bertz CT molecular complexity index is 654. The summed E-state index contributed by atoms with van der Waals surface area (Å²) in [6.07, 6.45) is 0.787. The van der Waals surface area contributed by atoms with Crippen molar-refractivity contribution in [2.75, 3.05) is 0 Å². The smallest absolute Gasteiger partial charge is 0.322 e. The highest BCUT2D eigenvalue weighted by molar-refractivity contribution is 7.89. The van der Waals surface area contributed by atoms with Crippen molar-refractivity contribution < 1.29 is 23.1 Å². The summed E-state index contributed by atoms with van der Waals surface area (Å²) in [6, 6.07) is 4.40. The lowest BCUT2D eigenvalue weighted by Gasteiger charge is -2.20. The number of nitrogens with one attached hydrogen (secondary N) is 1. The highest BCUT2D eigenvalue weighted by Gasteiger charge is 2.29. The molecular formula is C15H21NO5S. The van der Waals surface area contributed by atoms with E-state index in [1.54, 1.807) is 20.8 Å². The Labute approximate surface area is 130 Å². The fourth-order valence-electron chi connectivity index (χ4n) is 1.92. The third-order valence-corrected chi connectivity index (χ3v) is 4.99. The van der Waals surface area contributed by atoms with Gasteiger partial charge in [0.05, 0.1) is 4.90 Å². The number of aliphatic carboxylic acids is 1. The van der Waals surface area contributed by atoms with Crippen molar-refractivity contribution in [3.63, 3.8) is 0 Å². The second-order valence-corrected chi connectivity index (χ2v) is 6.84. The van der Waals surface area contributed by atoms with Gasteiger partial charge < -0.3 is 5.11 Å². The quantitative estimate of drug-likeness (QED) is 0.712. The third-order valence-electron chi connectivity index (χ3n) is 3.55. The molecule has 6 nitrogen and oxygen atoms in total. The van der Waals surface area contributed by atoms with Crippen LogP contribution in [-0.4, -0.2) is 31.3 Å². The Hall–Kier alpha value is -1.73. The Balaban J connectivity index is 3.13. The number of hydrogen-bond acceptors (Lipinski definition) is 4. The van der Waals surface area contributed by atoms with Crippen LogP contribution in [0.25, 0.3) is 0 Å². The summed E-state index contributed by atoms with van der Waals surface area (Å²) >= 11 is 0. The van der Waals surface area contributed by atoms with Gasteiger partial charge in [0.1, 0.15) is 6.04 Å². The molecule has 1 aromatic rings. The first-order valence-electron chi connectivity index (χ1n) is 7.11. The van der Waals surface area contributed by atoms with Crippen molar-refractivity contribution in [1.82, 2.24) is 4.72 Å². The Kier molecular flexibility index (Phi) is 6.25. The molecule has 0 amide bonds. The van der Waals surface area contributed by atoms with Gasteiger partial charge in [0.25, 0.3) is 0 Å². The van der Waals surface area contributed by atoms with Crippen molar-refractivity contribution in [3.05, 3.63) is 29.8 Å². The molecule has 2 atom stereocenters. The lowest BCUT2D eigenvalue weighted by Crippen LogP contribution is -2.44. The molecule has 0 spiro atoms. The Morgan fingerprint density at radius 3 is 2.41 bits per heavy atom. The summed E-state index contributed by atoms with van der Waals surface area (Å²) in [5.41, 5.74) is 0.292. The van der Waals surface area contributed by atoms with Crippen LogP contribution in [0.2, 0.25) is 0 Å². The van der Waals surface area contributed by atoms with E-state index in [1.807, 2.05) is 0 Å². The van der Waals surface area contributed by atoms with Crippen LogP contribution >= 0.6 is 0 Å². The zero-order valence-electron chi connectivity index (χ0n) is 12.9. The summed E-state index contributed by atoms with van der Waals surface area (Å²) in [4.78, 5) is 22.8. The fraction of sp³-hybridized carbons (Fsp3) is 0.467. The van der Waals surface area contributed by atoms with Crippen LogP contribution in [0.1, 0.15) is 44.0 Å². The number of ketones is 1. The van der Waals surface area contributed by atoms with E-state index in [-0.39, 0.29) is 23.0 Å².